The number of nitrogens with zero attached hydrogens (tertiary/aromatic N) is 1. The van der Waals surface area contributed by atoms with Crippen molar-refractivity contribution >= 4 is 11.8 Å². The molecule has 0 aromatic carbocycles. The molecule has 21 heavy (non-hydrogen) atoms. The molecule has 0 radical (unpaired) electrons. The Bertz CT molecular complexity index is 472. The summed E-state index contributed by atoms with van der Waals surface area (Å²) >= 11 is 0. The van der Waals surface area contributed by atoms with Crippen LogP contribution in [0.25, 0.3) is 0 Å². The molecule has 0 saturated carbocycles. The molecule has 0 bridgehead atoms. The Hall–Kier alpha value is -1.66. The summed E-state index contributed by atoms with van der Waals surface area (Å²) in [6, 6.07) is 3.59. The van der Waals surface area contributed by atoms with Crippen LogP contribution in [-0.4, -0.2) is 47.4 Å². The maximum Gasteiger partial charge on any atom is 0.274 e. The van der Waals surface area contributed by atoms with Crippen molar-refractivity contribution < 1.29 is 9.59 Å². The van der Waals surface area contributed by atoms with Gasteiger partial charge in [0.2, 0.25) is 5.91 Å². The smallest absolute Gasteiger partial charge is 0.274 e. The van der Waals surface area contributed by atoms with Gasteiger partial charge in [0.05, 0.1) is 6.54 Å². The van der Waals surface area contributed by atoms with E-state index in [9.17, 15) is 9.59 Å². The van der Waals surface area contributed by atoms with Gasteiger partial charge in [0.15, 0.2) is 0 Å². The summed E-state index contributed by atoms with van der Waals surface area (Å²) in [6.07, 6.45) is 4.93. The van der Waals surface area contributed by atoms with Crippen LogP contribution in [0.5, 0.6) is 0 Å². The lowest BCUT2D eigenvalue weighted by Gasteiger charge is -2.38. The van der Waals surface area contributed by atoms with Crippen molar-refractivity contribution in [1.29, 1.82) is 0 Å². The lowest BCUT2D eigenvalue weighted by atomic mass is 9.89. The molecule has 1 aromatic rings. The molecule has 1 aliphatic heterocycles. The van der Waals surface area contributed by atoms with E-state index in [1.807, 2.05) is 0 Å². The van der Waals surface area contributed by atoms with Gasteiger partial charge in [-0.25, -0.2) is 0 Å². The summed E-state index contributed by atoms with van der Waals surface area (Å²) in [5.41, 5.74) is 6.21. The molecule has 4 N–H and O–H groups in total. The topological polar surface area (TPSA) is 91.2 Å². The third-order valence-electron chi connectivity index (χ3n) is 4.24. The molecule has 2 atom stereocenters. The van der Waals surface area contributed by atoms with Crippen LogP contribution >= 0.6 is 0 Å². The maximum absolute atomic E-state index is 12.0. The van der Waals surface area contributed by atoms with Crippen LogP contribution in [0.4, 0.5) is 0 Å². The molecule has 2 amide bonds. The summed E-state index contributed by atoms with van der Waals surface area (Å²) in [5, 5.41) is 2.41. The predicted molar refractivity (Wildman–Crippen MR) is 80.7 cm³/mol. The Kier molecular flexibility index (Phi) is 5.52. The third-order valence-corrected chi connectivity index (χ3v) is 4.24. The van der Waals surface area contributed by atoms with E-state index >= 15 is 0 Å². The Morgan fingerprint density at radius 1 is 1.52 bits per heavy atom. The molecule has 2 rings (SSSR count). The Morgan fingerprint density at radius 3 is 2.95 bits per heavy atom. The number of carbonyl (C=O) groups excluding carboxylic acids is 2. The first-order valence-corrected chi connectivity index (χ1v) is 7.55. The molecule has 1 fully saturated rings. The van der Waals surface area contributed by atoms with Gasteiger partial charge in [-0.15, -0.1) is 0 Å². The Labute approximate surface area is 125 Å². The number of amides is 2. The second-order valence-corrected chi connectivity index (χ2v) is 5.62. The predicted octanol–water partition coefficient (Wildman–Crippen LogP) is 0.720. The molecule has 6 nitrogen and oxygen atoms in total. The van der Waals surface area contributed by atoms with Crippen LogP contribution in [0.1, 0.15) is 36.7 Å². The Morgan fingerprint density at radius 2 is 2.33 bits per heavy atom. The van der Waals surface area contributed by atoms with Gasteiger partial charge in [-0.3, -0.25) is 19.8 Å². The average molecular weight is 292 g/mol. The number of hydrogen-bond acceptors (Lipinski definition) is 4. The van der Waals surface area contributed by atoms with E-state index < -0.39 is 5.91 Å². The summed E-state index contributed by atoms with van der Waals surface area (Å²) in [6.45, 7) is 3.83. The highest BCUT2D eigenvalue weighted by atomic mass is 16.2. The van der Waals surface area contributed by atoms with Crippen molar-refractivity contribution in [2.75, 3.05) is 19.6 Å². The van der Waals surface area contributed by atoms with Gasteiger partial charge in [-0.2, -0.15) is 0 Å². The minimum Gasteiger partial charge on any atom is -0.357 e. The van der Waals surface area contributed by atoms with Crippen LogP contribution in [0.3, 0.4) is 0 Å². The molecular formula is C15H24N4O2. The third kappa shape index (κ3) is 4.15. The van der Waals surface area contributed by atoms with Gasteiger partial charge < -0.3 is 10.7 Å². The molecule has 2 unspecified atom stereocenters. The van der Waals surface area contributed by atoms with Crippen molar-refractivity contribution in [3.8, 4) is 0 Å². The zero-order valence-electron chi connectivity index (χ0n) is 12.5. The molecule has 0 spiro atoms. The number of nitrogens with one attached hydrogen (secondary N) is 2. The van der Waals surface area contributed by atoms with Gasteiger partial charge in [0, 0.05) is 18.8 Å². The zero-order valence-corrected chi connectivity index (χ0v) is 12.5. The van der Waals surface area contributed by atoms with Crippen LogP contribution in [0.15, 0.2) is 18.3 Å². The fraction of sp³-hybridized carbons (Fsp3) is 0.600. The van der Waals surface area contributed by atoms with Gasteiger partial charge in [0.25, 0.3) is 5.91 Å². The molecule has 6 heteroatoms. The van der Waals surface area contributed by atoms with Crippen molar-refractivity contribution in [2.45, 2.75) is 32.2 Å². The van der Waals surface area contributed by atoms with Crippen molar-refractivity contribution in [3.63, 3.8) is 0 Å². The molecule has 0 aliphatic carbocycles. The first kappa shape index (κ1) is 15.7. The van der Waals surface area contributed by atoms with Crippen LogP contribution in [0.2, 0.25) is 0 Å². The van der Waals surface area contributed by atoms with Crippen molar-refractivity contribution in [3.05, 3.63) is 24.0 Å². The van der Waals surface area contributed by atoms with Crippen LogP contribution in [-0.2, 0) is 4.79 Å². The van der Waals surface area contributed by atoms with E-state index in [1.54, 1.807) is 18.3 Å². The van der Waals surface area contributed by atoms with E-state index in [1.165, 1.54) is 0 Å². The quantitative estimate of drug-likeness (QED) is 0.746. The fourth-order valence-electron chi connectivity index (χ4n) is 2.90. The highest BCUT2D eigenvalue weighted by Crippen LogP contribution is 2.24. The molecule has 116 valence electrons. The zero-order chi connectivity index (χ0) is 15.2. The van der Waals surface area contributed by atoms with Crippen molar-refractivity contribution in [2.24, 2.45) is 11.7 Å². The van der Waals surface area contributed by atoms with Crippen molar-refractivity contribution in [1.82, 2.24) is 15.2 Å². The number of carbonyl (C=O) groups is 2. The summed E-state index contributed by atoms with van der Waals surface area (Å²) in [7, 11) is 0. The monoisotopic (exact) mass is 292 g/mol. The standard InChI is InChI=1S/C15H24N4O2/c1-2-11-5-7-19(12(8-11)9-16)10-14(20)18-15(21)13-4-3-6-17-13/h3-4,6,11-12,17H,2,5,7-10,16H2,1H3,(H,18,20,21). The summed E-state index contributed by atoms with van der Waals surface area (Å²) in [5.74, 6) is 0.0270. The number of aromatic nitrogens is 1. The number of aromatic amines is 1. The first-order chi connectivity index (χ1) is 10.1. The summed E-state index contributed by atoms with van der Waals surface area (Å²) < 4.78 is 0. The first-order valence-electron chi connectivity index (χ1n) is 7.55. The number of hydrogen-bond donors (Lipinski definition) is 3. The molecule has 1 aliphatic rings. The number of imide groups is 1. The van der Waals surface area contributed by atoms with Crippen LogP contribution in [0, 0.1) is 5.92 Å². The minimum absolute atomic E-state index is 0.227. The van der Waals surface area contributed by atoms with E-state index in [0.29, 0.717) is 18.2 Å². The second-order valence-electron chi connectivity index (χ2n) is 5.62. The molecule has 1 saturated heterocycles. The average Bonchev–Trinajstić information content (AvgIpc) is 3.01. The number of nitrogens with two attached hydrogens (primary N) is 1. The minimum atomic E-state index is -0.391. The van der Waals surface area contributed by atoms with Crippen LogP contribution < -0.4 is 11.1 Å². The van der Waals surface area contributed by atoms with E-state index in [-0.39, 0.29) is 18.5 Å². The van der Waals surface area contributed by atoms with Gasteiger partial charge in [-0.1, -0.05) is 13.3 Å². The van der Waals surface area contributed by atoms with Gasteiger partial charge >= 0.3 is 0 Å². The van der Waals surface area contributed by atoms with E-state index in [0.717, 1.165) is 25.8 Å². The lowest BCUT2D eigenvalue weighted by Crippen LogP contribution is -2.51. The largest absolute Gasteiger partial charge is 0.357 e. The highest BCUT2D eigenvalue weighted by Gasteiger charge is 2.28. The van der Waals surface area contributed by atoms with Gasteiger partial charge in [0.1, 0.15) is 5.69 Å². The number of H-pyrrole nitrogens is 1. The Balaban J connectivity index is 1.85. The summed E-state index contributed by atoms with van der Waals surface area (Å²) in [4.78, 5) is 28.7. The van der Waals surface area contributed by atoms with Gasteiger partial charge in [-0.05, 0) is 37.4 Å². The molecule has 1 aromatic heterocycles. The fourth-order valence-corrected chi connectivity index (χ4v) is 2.90. The lowest BCUT2D eigenvalue weighted by molar-refractivity contribution is -0.122. The SMILES string of the molecule is CCC1CCN(CC(=O)NC(=O)c2ccc[nH]2)C(CN)C1. The normalized spacial score (nSPS) is 23.0. The molecular weight excluding hydrogens is 268 g/mol. The number of rotatable bonds is 5. The maximum atomic E-state index is 12.0. The number of piperidine rings is 1. The number of likely N-dealkylation sites (tertiary alicyclic amines) is 1. The van der Waals surface area contributed by atoms with E-state index in [2.05, 4.69) is 22.1 Å². The highest BCUT2D eigenvalue weighted by molar-refractivity contribution is 6.04. The second kappa shape index (κ2) is 7.38. The molecule has 2 heterocycles. The van der Waals surface area contributed by atoms with E-state index in [4.69, 9.17) is 5.73 Å².